The molecule has 0 aromatic heterocycles. The minimum atomic E-state index is -0.569. The lowest BCUT2D eigenvalue weighted by Gasteiger charge is -2.17. The van der Waals surface area contributed by atoms with E-state index in [1.54, 1.807) is 13.8 Å². The van der Waals surface area contributed by atoms with Gasteiger partial charge < -0.3 is 15.4 Å². The number of hydrogen-bond donors (Lipinski definition) is 2. The molecule has 0 aromatic rings. The quantitative estimate of drug-likeness (QED) is 0.660. The molecule has 1 fully saturated rings. The molecule has 1 unspecified atom stereocenters. The second kappa shape index (κ2) is 5.84. The van der Waals surface area contributed by atoms with Gasteiger partial charge in [0.1, 0.15) is 6.04 Å². The highest BCUT2D eigenvalue weighted by molar-refractivity contribution is 5.85. The first kappa shape index (κ1) is 13.0. The molecule has 5 nitrogen and oxygen atoms in total. The predicted molar refractivity (Wildman–Crippen MR) is 59.8 cm³/mol. The molecule has 0 bridgehead atoms. The molecule has 5 heteroatoms. The zero-order valence-electron chi connectivity index (χ0n) is 10.1. The van der Waals surface area contributed by atoms with E-state index >= 15 is 0 Å². The molecule has 0 aliphatic carbocycles. The van der Waals surface area contributed by atoms with Crippen LogP contribution in [0.4, 0.5) is 0 Å². The number of amides is 1. The Kier molecular flexibility index (Phi) is 4.73. The predicted octanol–water partition coefficient (Wildman–Crippen LogP) is -0.0903. The van der Waals surface area contributed by atoms with Crippen LogP contribution in [0, 0.1) is 11.8 Å². The van der Waals surface area contributed by atoms with Gasteiger partial charge in [0.05, 0.1) is 12.5 Å². The molecule has 0 aromatic carbocycles. The summed E-state index contributed by atoms with van der Waals surface area (Å²) in [6.45, 7) is 7.28. The molecule has 1 aliphatic rings. The van der Waals surface area contributed by atoms with Crippen LogP contribution in [0.1, 0.15) is 20.8 Å². The molecule has 1 saturated heterocycles. The fourth-order valence-corrected chi connectivity index (χ4v) is 1.81. The van der Waals surface area contributed by atoms with Crippen molar-refractivity contribution in [2.24, 2.45) is 11.8 Å². The van der Waals surface area contributed by atoms with E-state index in [1.165, 1.54) is 0 Å². The summed E-state index contributed by atoms with van der Waals surface area (Å²) in [6, 6.07) is -0.569. The summed E-state index contributed by atoms with van der Waals surface area (Å²) < 4.78 is 4.82. The van der Waals surface area contributed by atoms with Gasteiger partial charge >= 0.3 is 5.97 Å². The van der Waals surface area contributed by atoms with Gasteiger partial charge in [-0.3, -0.25) is 4.79 Å². The van der Waals surface area contributed by atoms with Gasteiger partial charge in [0.2, 0.25) is 5.91 Å². The summed E-state index contributed by atoms with van der Waals surface area (Å²) in [5.74, 6) is -0.182. The van der Waals surface area contributed by atoms with Crippen LogP contribution >= 0.6 is 0 Å². The van der Waals surface area contributed by atoms with Crippen molar-refractivity contribution in [2.75, 3.05) is 19.7 Å². The molecule has 3 atom stereocenters. The van der Waals surface area contributed by atoms with Gasteiger partial charge in [-0.25, -0.2) is 4.79 Å². The Labute approximate surface area is 95.9 Å². The molecular formula is C11H20N2O3. The minimum Gasteiger partial charge on any atom is -0.464 e. The van der Waals surface area contributed by atoms with E-state index in [-0.39, 0.29) is 17.8 Å². The fraction of sp³-hybridized carbons (Fsp3) is 0.818. The first-order valence-corrected chi connectivity index (χ1v) is 5.74. The monoisotopic (exact) mass is 228 g/mol. The highest BCUT2D eigenvalue weighted by Crippen LogP contribution is 2.15. The van der Waals surface area contributed by atoms with Crippen LogP contribution in [0.2, 0.25) is 0 Å². The van der Waals surface area contributed by atoms with Crippen molar-refractivity contribution >= 4 is 11.9 Å². The highest BCUT2D eigenvalue weighted by Gasteiger charge is 2.31. The van der Waals surface area contributed by atoms with Crippen molar-refractivity contribution in [3.05, 3.63) is 0 Å². The first-order chi connectivity index (χ1) is 7.56. The summed E-state index contributed by atoms with van der Waals surface area (Å²) in [5, 5.41) is 5.84. The molecule has 0 radical (unpaired) electrons. The Morgan fingerprint density at radius 3 is 2.69 bits per heavy atom. The van der Waals surface area contributed by atoms with Gasteiger partial charge in [-0.1, -0.05) is 6.92 Å². The van der Waals surface area contributed by atoms with Crippen LogP contribution in [-0.2, 0) is 14.3 Å². The highest BCUT2D eigenvalue weighted by atomic mass is 16.5. The summed E-state index contributed by atoms with van der Waals surface area (Å²) >= 11 is 0. The van der Waals surface area contributed by atoms with Crippen LogP contribution in [0.15, 0.2) is 0 Å². The van der Waals surface area contributed by atoms with Gasteiger partial charge in [0.15, 0.2) is 0 Å². The Bertz CT molecular complexity index is 268. The standard InChI is InChI=1S/C11H20N2O3/c1-4-16-11(15)8(3)13-10(14)9-6-12-5-7(9)2/h7-9,12H,4-6H2,1-3H3,(H,13,14)/t7-,8?,9-/m1/s1. The third-order valence-electron chi connectivity index (χ3n) is 2.85. The Morgan fingerprint density at radius 1 is 1.50 bits per heavy atom. The van der Waals surface area contributed by atoms with Crippen molar-refractivity contribution in [3.8, 4) is 0 Å². The molecule has 1 rings (SSSR count). The van der Waals surface area contributed by atoms with Gasteiger partial charge in [0.25, 0.3) is 0 Å². The summed E-state index contributed by atoms with van der Waals surface area (Å²) in [7, 11) is 0. The van der Waals surface area contributed by atoms with E-state index in [0.29, 0.717) is 19.1 Å². The maximum Gasteiger partial charge on any atom is 0.328 e. The minimum absolute atomic E-state index is 0.0446. The van der Waals surface area contributed by atoms with E-state index in [4.69, 9.17) is 4.74 Å². The third kappa shape index (κ3) is 3.20. The molecule has 1 heterocycles. The first-order valence-electron chi connectivity index (χ1n) is 5.74. The van der Waals surface area contributed by atoms with Gasteiger partial charge in [0, 0.05) is 6.54 Å². The van der Waals surface area contributed by atoms with Crippen molar-refractivity contribution in [1.29, 1.82) is 0 Å². The molecule has 92 valence electrons. The van der Waals surface area contributed by atoms with Gasteiger partial charge in [-0.2, -0.15) is 0 Å². The SMILES string of the molecule is CCOC(=O)C(C)NC(=O)[C@@H]1CNC[C@H]1C. The fourth-order valence-electron chi connectivity index (χ4n) is 1.81. The van der Waals surface area contributed by atoms with Gasteiger partial charge in [-0.05, 0) is 26.3 Å². The lowest BCUT2D eigenvalue weighted by molar-refractivity contribution is -0.147. The summed E-state index contributed by atoms with van der Waals surface area (Å²) in [5.41, 5.74) is 0. The Hall–Kier alpha value is -1.10. The van der Waals surface area contributed by atoms with Crippen LogP contribution < -0.4 is 10.6 Å². The number of carbonyl (C=O) groups excluding carboxylic acids is 2. The maximum atomic E-state index is 11.8. The number of ether oxygens (including phenoxy) is 1. The lowest BCUT2D eigenvalue weighted by Crippen LogP contribution is -2.44. The van der Waals surface area contributed by atoms with Crippen LogP contribution in [-0.4, -0.2) is 37.6 Å². The molecule has 1 amide bonds. The molecule has 2 N–H and O–H groups in total. The smallest absolute Gasteiger partial charge is 0.328 e. The topological polar surface area (TPSA) is 67.4 Å². The number of hydrogen-bond acceptors (Lipinski definition) is 4. The van der Waals surface area contributed by atoms with Gasteiger partial charge in [-0.15, -0.1) is 0 Å². The zero-order valence-corrected chi connectivity index (χ0v) is 10.1. The van der Waals surface area contributed by atoms with E-state index in [9.17, 15) is 9.59 Å². The third-order valence-corrected chi connectivity index (χ3v) is 2.85. The number of esters is 1. The van der Waals surface area contributed by atoms with Crippen LogP contribution in [0.5, 0.6) is 0 Å². The number of rotatable bonds is 4. The zero-order chi connectivity index (χ0) is 12.1. The van der Waals surface area contributed by atoms with E-state index in [1.807, 2.05) is 6.92 Å². The van der Waals surface area contributed by atoms with E-state index in [2.05, 4.69) is 10.6 Å². The molecule has 16 heavy (non-hydrogen) atoms. The van der Waals surface area contributed by atoms with Crippen molar-refractivity contribution < 1.29 is 14.3 Å². The van der Waals surface area contributed by atoms with E-state index < -0.39 is 6.04 Å². The number of carbonyl (C=O) groups is 2. The lowest BCUT2D eigenvalue weighted by atomic mass is 9.97. The Balaban J connectivity index is 2.41. The van der Waals surface area contributed by atoms with Crippen molar-refractivity contribution in [3.63, 3.8) is 0 Å². The largest absolute Gasteiger partial charge is 0.464 e. The van der Waals surface area contributed by atoms with Crippen LogP contribution in [0.3, 0.4) is 0 Å². The average molecular weight is 228 g/mol. The molecule has 0 saturated carbocycles. The van der Waals surface area contributed by atoms with E-state index in [0.717, 1.165) is 6.54 Å². The Morgan fingerprint density at radius 2 is 2.19 bits per heavy atom. The summed E-state index contributed by atoms with van der Waals surface area (Å²) in [6.07, 6.45) is 0. The molecule has 1 aliphatic heterocycles. The summed E-state index contributed by atoms with van der Waals surface area (Å²) in [4.78, 5) is 23.1. The molecule has 0 spiro atoms. The van der Waals surface area contributed by atoms with Crippen molar-refractivity contribution in [1.82, 2.24) is 10.6 Å². The van der Waals surface area contributed by atoms with Crippen molar-refractivity contribution in [2.45, 2.75) is 26.8 Å². The second-order valence-electron chi connectivity index (χ2n) is 4.22. The number of nitrogens with one attached hydrogen (secondary N) is 2. The molecular weight excluding hydrogens is 208 g/mol. The maximum absolute atomic E-state index is 11.8. The normalized spacial score (nSPS) is 26.2. The van der Waals surface area contributed by atoms with Crippen LogP contribution in [0.25, 0.3) is 0 Å². The second-order valence-corrected chi connectivity index (χ2v) is 4.22. The average Bonchev–Trinajstić information content (AvgIpc) is 2.64.